The van der Waals surface area contributed by atoms with Crippen molar-refractivity contribution < 1.29 is 9.90 Å². The molecule has 4 aromatic rings. The van der Waals surface area contributed by atoms with Gasteiger partial charge in [-0.25, -0.2) is 4.79 Å². The molecule has 0 saturated carbocycles. The molecular weight excluding hydrogens is 292 g/mol. The van der Waals surface area contributed by atoms with Crippen LogP contribution in [0.5, 0.6) is 0 Å². The van der Waals surface area contributed by atoms with Gasteiger partial charge in [0.15, 0.2) is 0 Å². The number of carboxylic acids is 1. The molecule has 0 aliphatic carbocycles. The third kappa shape index (κ3) is 1.87. The van der Waals surface area contributed by atoms with E-state index in [1.165, 1.54) is 10.6 Å². The standard InChI is InChI=1S/C18H12N2O3/c21-17-16-10-5-11-19(16)14-8-3-4-9-15(14)20(17)13-7-2-1-6-12(13)18(22)23/h1-11H,(H,22,23). The van der Waals surface area contributed by atoms with Gasteiger partial charge in [0.25, 0.3) is 5.56 Å². The molecule has 1 N–H and O–H groups in total. The molecule has 112 valence electrons. The lowest BCUT2D eigenvalue weighted by Crippen LogP contribution is -2.23. The van der Waals surface area contributed by atoms with E-state index < -0.39 is 5.97 Å². The van der Waals surface area contributed by atoms with Gasteiger partial charge >= 0.3 is 5.97 Å². The molecule has 0 aliphatic rings. The molecule has 0 saturated heterocycles. The Balaban J connectivity index is 2.25. The van der Waals surface area contributed by atoms with Gasteiger partial charge in [-0.3, -0.25) is 9.36 Å². The number of fused-ring (bicyclic) bond motifs is 3. The summed E-state index contributed by atoms with van der Waals surface area (Å²) in [7, 11) is 0. The van der Waals surface area contributed by atoms with Crippen molar-refractivity contribution in [3.63, 3.8) is 0 Å². The first-order chi connectivity index (χ1) is 11.2. The second kappa shape index (κ2) is 4.84. The minimum absolute atomic E-state index is 0.0932. The van der Waals surface area contributed by atoms with Crippen LogP contribution in [0.3, 0.4) is 0 Å². The maximum Gasteiger partial charge on any atom is 0.337 e. The molecule has 4 rings (SSSR count). The average molecular weight is 304 g/mol. The molecule has 5 heteroatoms. The van der Waals surface area contributed by atoms with Crippen LogP contribution in [0.25, 0.3) is 22.2 Å². The fourth-order valence-corrected chi connectivity index (χ4v) is 2.93. The van der Waals surface area contributed by atoms with Gasteiger partial charge in [0.2, 0.25) is 0 Å². The van der Waals surface area contributed by atoms with Gasteiger partial charge in [0, 0.05) is 6.20 Å². The summed E-state index contributed by atoms with van der Waals surface area (Å²) in [5.41, 5.74) is 2.22. The lowest BCUT2D eigenvalue weighted by Gasteiger charge is -2.14. The van der Waals surface area contributed by atoms with E-state index in [1.54, 1.807) is 30.3 Å². The van der Waals surface area contributed by atoms with E-state index in [-0.39, 0.29) is 11.1 Å². The normalized spacial score (nSPS) is 11.1. The lowest BCUT2D eigenvalue weighted by atomic mass is 10.1. The van der Waals surface area contributed by atoms with E-state index in [1.807, 2.05) is 34.9 Å². The number of rotatable bonds is 2. The van der Waals surface area contributed by atoms with E-state index in [0.29, 0.717) is 16.7 Å². The van der Waals surface area contributed by atoms with Crippen LogP contribution in [0, 0.1) is 0 Å². The number of benzene rings is 2. The highest BCUT2D eigenvalue weighted by Gasteiger charge is 2.16. The molecule has 0 unspecified atom stereocenters. The van der Waals surface area contributed by atoms with Crippen molar-refractivity contribution in [3.8, 4) is 5.69 Å². The second-order valence-electron chi connectivity index (χ2n) is 5.22. The van der Waals surface area contributed by atoms with E-state index in [0.717, 1.165) is 5.52 Å². The highest BCUT2D eigenvalue weighted by atomic mass is 16.4. The molecule has 0 amide bonds. The predicted molar refractivity (Wildman–Crippen MR) is 87.5 cm³/mol. The molecule has 5 nitrogen and oxygen atoms in total. The molecular formula is C18H12N2O3. The van der Waals surface area contributed by atoms with Crippen LogP contribution in [0.1, 0.15) is 10.4 Å². The number of aromatic nitrogens is 2. The molecule has 0 fully saturated rings. The fraction of sp³-hybridized carbons (Fsp3) is 0. The van der Waals surface area contributed by atoms with Gasteiger partial charge in [-0.2, -0.15) is 0 Å². The van der Waals surface area contributed by atoms with E-state index >= 15 is 0 Å². The van der Waals surface area contributed by atoms with Crippen LogP contribution in [-0.4, -0.2) is 20.0 Å². The quantitative estimate of drug-likeness (QED) is 0.619. The number of hydrogen-bond acceptors (Lipinski definition) is 2. The second-order valence-corrected chi connectivity index (χ2v) is 5.22. The Morgan fingerprint density at radius 3 is 2.26 bits per heavy atom. The molecule has 2 heterocycles. The molecule has 2 aromatic heterocycles. The van der Waals surface area contributed by atoms with E-state index in [2.05, 4.69) is 0 Å². The van der Waals surface area contributed by atoms with Gasteiger partial charge < -0.3 is 9.51 Å². The van der Waals surface area contributed by atoms with E-state index in [4.69, 9.17) is 0 Å². The van der Waals surface area contributed by atoms with Crippen molar-refractivity contribution in [1.82, 2.24) is 8.97 Å². The topological polar surface area (TPSA) is 63.7 Å². The average Bonchev–Trinajstić information content (AvgIpc) is 3.06. The molecule has 23 heavy (non-hydrogen) atoms. The smallest absolute Gasteiger partial charge is 0.337 e. The summed E-state index contributed by atoms with van der Waals surface area (Å²) in [5, 5.41) is 9.44. The summed E-state index contributed by atoms with van der Waals surface area (Å²) in [6, 6.07) is 17.5. The minimum Gasteiger partial charge on any atom is -0.478 e. The highest BCUT2D eigenvalue weighted by Crippen LogP contribution is 2.21. The van der Waals surface area contributed by atoms with Gasteiger partial charge in [0.05, 0.1) is 22.3 Å². The van der Waals surface area contributed by atoms with Crippen molar-refractivity contribution in [2.24, 2.45) is 0 Å². The van der Waals surface area contributed by atoms with Crippen molar-refractivity contribution >= 4 is 22.5 Å². The highest BCUT2D eigenvalue weighted by molar-refractivity contribution is 5.93. The number of nitrogens with zero attached hydrogens (tertiary/aromatic N) is 2. The van der Waals surface area contributed by atoms with Crippen LogP contribution in [-0.2, 0) is 0 Å². The Morgan fingerprint density at radius 2 is 1.48 bits per heavy atom. The molecule has 0 atom stereocenters. The SMILES string of the molecule is O=C(O)c1ccccc1-n1c(=O)c2cccn2c2ccccc21. The Bertz CT molecular complexity index is 1120. The summed E-state index contributed by atoms with van der Waals surface area (Å²) in [6.45, 7) is 0. The number of hydrogen-bond donors (Lipinski definition) is 1. The van der Waals surface area contributed by atoms with Gasteiger partial charge in [-0.1, -0.05) is 24.3 Å². The molecule has 0 aliphatic heterocycles. The van der Waals surface area contributed by atoms with Crippen LogP contribution in [0.2, 0.25) is 0 Å². The Morgan fingerprint density at radius 1 is 0.826 bits per heavy atom. The third-order valence-corrected chi connectivity index (χ3v) is 3.93. The number of para-hydroxylation sites is 3. The summed E-state index contributed by atoms with van der Waals surface area (Å²) in [6.07, 6.45) is 1.83. The minimum atomic E-state index is -1.06. The van der Waals surface area contributed by atoms with Gasteiger partial charge in [-0.05, 0) is 36.4 Å². The maximum absolute atomic E-state index is 12.9. The van der Waals surface area contributed by atoms with Gasteiger partial charge in [-0.15, -0.1) is 0 Å². The van der Waals surface area contributed by atoms with Crippen molar-refractivity contribution in [2.45, 2.75) is 0 Å². The van der Waals surface area contributed by atoms with Crippen LogP contribution in [0.15, 0.2) is 71.7 Å². The lowest BCUT2D eigenvalue weighted by molar-refractivity contribution is 0.0697. The van der Waals surface area contributed by atoms with Crippen LogP contribution in [0.4, 0.5) is 0 Å². The first kappa shape index (κ1) is 13.3. The summed E-state index contributed by atoms with van der Waals surface area (Å²) >= 11 is 0. The number of carboxylic acid groups (broad SMARTS) is 1. The first-order valence-corrected chi connectivity index (χ1v) is 7.12. The van der Waals surface area contributed by atoms with Crippen LogP contribution < -0.4 is 5.56 Å². The Kier molecular flexibility index (Phi) is 2.81. The number of carbonyl (C=O) groups is 1. The monoisotopic (exact) mass is 304 g/mol. The Hall–Kier alpha value is -3.34. The maximum atomic E-state index is 12.9. The first-order valence-electron chi connectivity index (χ1n) is 7.12. The molecule has 0 spiro atoms. The number of aromatic carboxylic acids is 1. The van der Waals surface area contributed by atoms with Crippen molar-refractivity contribution in [2.75, 3.05) is 0 Å². The van der Waals surface area contributed by atoms with Crippen molar-refractivity contribution in [3.05, 3.63) is 82.8 Å². The third-order valence-electron chi connectivity index (χ3n) is 3.93. The zero-order chi connectivity index (χ0) is 16.0. The fourth-order valence-electron chi connectivity index (χ4n) is 2.93. The van der Waals surface area contributed by atoms with Crippen molar-refractivity contribution in [1.29, 1.82) is 0 Å². The summed E-state index contributed by atoms with van der Waals surface area (Å²) in [5.74, 6) is -1.06. The molecule has 2 aromatic carbocycles. The summed E-state index contributed by atoms with van der Waals surface area (Å²) < 4.78 is 3.28. The predicted octanol–water partition coefficient (Wildman–Crippen LogP) is 2.94. The largest absolute Gasteiger partial charge is 0.478 e. The van der Waals surface area contributed by atoms with Gasteiger partial charge in [0.1, 0.15) is 5.52 Å². The van der Waals surface area contributed by atoms with Crippen LogP contribution >= 0.6 is 0 Å². The zero-order valence-corrected chi connectivity index (χ0v) is 12.0. The zero-order valence-electron chi connectivity index (χ0n) is 12.0. The Labute approximate surface area is 130 Å². The molecule has 0 bridgehead atoms. The summed E-state index contributed by atoms with van der Waals surface area (Å²) in [4.78, 5) is 24.5. The van der Waals surface area contributed by atoms with E-state index in [9.17, 15) is 14.7 Å². The molecule has 0 radical (unpaired) electrons.